The number of hydrogen-bond acceptors (Lipinski definition) is 6. The van der Waals surface area contributed by atoms with Gasteiger partial charge in [0.2, 0.25) is 0 Å². The highest BCUT2D eigenvalue weighted by Crippen LogP contribution is 2.46. The molecule has 2 aliphatic heterocycles. The lowest BCUT2D eigenvalue weighted by Crippen LogP contribution is -2.45. The summed E-state index contributed by atoms with van der Waals surface area (Å²) in [5.41, 5.74) is 5.12. The molecule has 0 saturated heterocycles. The molecule has 2 unspecified atom stereocenters. The first kappa shape index (κ1) is 25.5. The summed E-state index contributed by atoms with van der Waals surface area (Å²) in [6.45, 7) is 10.8. The maximum absolute atomic E-state index is 14.9. The zero-order valence-electron chi connectivity index (χ0n) is 22.4. The van der Waals surface area contributed by atoms with Crippen LogP contribution in [-0.2, 0) is 39.4 Å². The third kappa shape index (κ3) is 3.42. The normalized spacial score (nSPS) is 21.1. The van der Waals surface area contributed by atoms with Crippen molar-refractivity contribution in [3.8, 4) is 11.4 Å². The Labute approximate surface area is 216 Å². The van der Waals surface area contributed by atoms with Crippen molar-refractivity contribution >= 4 is 16.9 Å². The molecular weight excluding hydrogens is 473 g/mol. The molecule has 1 aromatic carbocycles. The number of halogens is 1. The Hall–Kier alpha value is -3.10. The van der Waals surface area contributed by atoms with Crippen LogP contribution in [0.15, 0.2) is 16.9 Å². The molecule has 0 fully saturated rings. The van der Waals surface area contributed by atoms with Gasteiger partial charge >= 0.3 is 5.97 Å². The summed E-state index contributed by atoms with van der Waals surface area (Å²) in [7, 11) is 1.46. The van der Waals surface area contributed by atoms with E-state index in [2.05, 4.69) is 12.2 Å². The molecule has 7 nitrogen and oxygen atoms in total. The van der Waals surface area contributed by atoms with Crippen LogP contribution in [-0.4, -0.2) is 29.2 Å². The van der Waals surface area contributed by atoms with Gasteiger partial charge in [0.1, 0.15) is 12.4 Å². The Morgan fingerprint density at radius 1 is 1.22 bits per heavy atom. The van der Waals surface area contributed by atoms with Crippen molar-refractivity contribution in [2.45, 2.75) is 78.7 Å². The van der Waals surface area contributed by atoms with Gasteiger partial charge in [0.05, 0.1) is 29.0 Å². The first-order valence-electron chi connectivity index (χ1n) is 13.2. The number of nitrogens with one attached hydrogen (secondary N) is 1. The van der Waals surface area contributed by atoms with Crippen LogP contribution in [0, 0.1) is 12.7 Å². The Balaban J connectivity index is 0.00000137. The zero-order valence-corrected chi connectivity index (χ0v) is 22.4. The largest absolute Gasteiger partial charge is 0.458 e. The predicted molar refractivity (Wildman–Crippen MR) is 140 cm³/mol. The number of ether oxygens (including phenoxy) is 2. The number of aromatic nitrogens is 2. The lowest BCUT2D eigenvalue weighted by molar-refractivity contribution is -0.176. The van der Waals surface area contributed by atoms with E-state index in [1.54, 1.807) is 4.57 Å². The third-order valence-electron chi connectivity index (χ3n) is 8.14. The molecule has 1 N–H and O–H groups in total. The molecular formula is C29H34FN3O4. The Morgan fingerprint density at radius 2 is 1.97 bits per heavy atom. The number of pyridine rings is 2. The molecule has 3 aromatic rings. The summed E-state index contributed by atoms with van der Waals surface area (Å²) in [5, 5.41) is 4.59. The second kappa shape index (κ2) is 9.33. The van der Waals surface area contributed by atoms with Gasteiger partial charge in [0.15, 0.2) is 5.60 Å². The van der Waals surface area contributed by atoms with Crippen molar-refractivity contribution in [1.82, 2.24) is 14.9 Å². The molecule has 37 heavy (non-hydrogen) atoms. The van der Waals surface area contributed by atoms with Gasteiger partial charge in [-0.2, -0.15) is 0 Å². The predicted octanol–water partition coefficient (Wildman–Crippen LogP) is 4.80. The topological polar surface area (TPSA) is 82.5 Å². The SMILES string of the molecule is CC.CCNC1CCc2c(C)c(F)cc3nc4c(c1c23)Cn1c-4cc2c(c1=O)COC(=O)C2(CC)OC. The van der Waals surface area contributed by atoms with E-state index >= 15 is 0 Å². The fraction of sp³-hybridized carbons (Fsp3) is 0.483. The highest BCUT2D eigenvalue weighted by atomic mass is 19.1. The average Bonchev–Trinajstić information content (AvgIpc) is 3.28. The molecule has 2 aromatic heterocycles. The standard InChI is InChI=1S/C27H28FN3O4.C2H6/c1-5-27(34-4)17-9-21-24-15(11-31(21)25(32)16(17)12-35-26(27)33)23-19(29-6-2)8-7-14-13(3)18(28)10-20(30-24)22(14)23;1-2/h9-10,19,29H,5-8,11-12H2,1-4H3;1-2H3. The van der Waals surface area contributed by atoms with Crippen molar-refractivity contribution in [3.05, 3.63) is 61.7 Å². The second-order valence-corrected chi connectivity index (χ2v) is 9.63. The van der Waals surface area contributed by atoms with Crippen molar-refractivity contribution in [1.29, 1.82) is 0 Å². The number of carbonyl (C=O) groups is 1. The van der Waals surface area contributed by atoms with Crippen LogP contribution in [0.3, 0.4) is 0 Å². The minimum Gasteiger partial charge on any atom is -0.458 e. The van der Waals surface area contributed by atoms with Crippen LogP contribution in [0.1, 0.15) is 80.0 Å². The number of cyclic esters (lactones) is 1. The van der Waals surface area contributed by atoms with Gasteiger partial charge in [0.25, 0.3) is 5.56 Å². The van der Waals surface area contributed by atoms with Crippen molar-refractivity contribution in [2.75, 3.05) is 13.7 Å². The van der Waals surface area contributed by atoms with Gasteiger partial charge in [-0.3, -0.25) is 4.79 Å². The maximum Gasteiger partial charge on any atom is 0.343 e. The number of carbonyl (C=O) groups excluding carboxylic acids is 1. The molecule has 3 aliphatic rings. The third-order valence-corrected chi connectivity index (χ3v) is 8.14. The Morgan fingerprint density at radius 3 is 2.65 bits per heavy atom. The summed E-state index contributed by atoms with van der Waals surface area (Å²) in [4.78, 5) is 31.4. The van der Waals surface area contributed by atoms with Gasteiger partial charge in [-0.15, -0.1) is 0 Å². The number of nitrogens with zero attached hydrogens (tertiary/aromatic N) is 2. The number of benzene rings is 1. The van der Waals surface area contributed by atoms with E-state index in [4.69, 9.17) is 14.5 Å². The Bertz CT molecular complexity index is 1490. The zero-order chi connectivity index (χ0) is 26.6. The van der Waals surface area contributed by atoms with E-state index < -0.39 is 11.6 Å². The van der Waals surface area contributed by atoms with Crippen LogP contribution in [0.2, 0.25) is 0 Å². The molecule has 8 heteroatoms. The van der Waals surface area contributed by atoms with E-state index in [-0.39, 0.29) is 24.0 Å². The summed E-state index contributed by atoms with van der Waals surface area (Å²) in [6, 6.07) is 3.46. The number of esters is 1. The van der Waals surface area contributed by atoms with Crippen molar-refractivity contribution in [2.24, 2.45) is 0 Å². The smallest absolute Gasteiger partial charge is 0.343 e. The van der Waals surface area contributed by atoms with Crippen LogP contribution in [0.4, 0.5) is 4.39 Å². The molecule has 0 radical (unpaired) electrons. The summed E-state index contributed by atoms with van der Waals surface area (Å²) in [5.74, 6) is -0.755. The first-order valence-corrected chi connectivity index (χ1v) is 13.2. The lowest BCUT2D eigenvalue weighted by Gasteiger charge is -2.35. The number of aryl methyl sites for hydroxylation is 1. The molecule has 196 valence electrons. The maximum atomic E-state index is 14.9. The van der Waals surface area contributed by atoms with Crippen LogP contribution < -0.4 is 10.9 Å². The monoisotopic (exact) mass is 507 g/mol. The van der Waals surface area contributed by atoms with Crippen LogP contribution in [0.5, 0.6) is 0 Å². The van der Waals surface area contributed by atoms with E-state index in [1.165, 1.54) is 13.2 Å². The first-order chi connectivity index (χ1) is 17.9. The Kier molecular flexibility index (Phi) is 6.44. The van der Waals surface area contributed by atoms with E-state index in [1.807, 2.05) is 33.8 Å². The molecule has 0 saturated carbocycles. The average molecular weight is 508 g/mol. The second-order valence-electron chi connectivity index (χ2n) is 9.63. The minimum absolute atomic E-state index is 0.0778. The summed E-state index contributed by atoms with van der Waals surface area (Å²) < 4.78 is 27.7. The molecule has 6 rings (SSSR count). The van der Waals surface area contributed by atoms with Crippen molar-refractivity contribution in [3.63, 3.8) is 0 Å². The number of methoxy groups -OCH3 is 1. The summed E-state index contributed by atoms with van der Waals surface area (Å²) >= 11 is 0. The van der Waals surface area contributed by atoms with E-state index in [0.717, 1.165) is 41.5 Å². The quantitative estimate of drug-likeness (QED) is 0.400. The molecule has 2 atom stereocenters. The molecule has 0 spiro atoms. The highest BCUT2D eigenvalue weighted by Gasteiger charge is 2.47. The lowest BCUT2D eigenvalue weighted by atomic mass is 9.81. The van der Waals surface area contributed by atoms with E-state index in [0.29, 0.717) is 46.6 Å². The summed E-state index contributed by atoms with van der Waals surface area (Å²) in [6.07, 6.45) is 1.96. The molecule has 0 amide bonds. The fourth-order valence-corrected chi connectivity index (χ4v) is 6.33. The fourth-order valence-electron chi connectivity index (χ4n) is 6.33. The number of hydrogen-bond donors (Lipinski definition) is 1. The van der Waals surface area contributed by atoms with Crippen LogP contribution >= 0.6 is 0 Å². The van der Waals surface area contributed by atoms with Crippen LogP contribution in [0.25, 0.3) is 22.3 Å². The van der Waals surface area contributed by atoms with Gasteiger partial charge in [-0.1, -0.05) is 27.7 Å². The van der Waals surface area contributed by atoms with E-state index in [9.17, 15) is 14.0 Å². The van der Waals surface area contributed by atoms with Gasteiger partial charge in [-0.25, -0.2) is 14.2 Å². The number of fused-ring (bicyclic) bond motifs is 5. The number of rotatable bonds is 4. The van der Waals surface area contributed by atoms with Crippen molar-refractivity contribution < 1.29 is 18.7 Å². The molecule has 1 aliphatic carbocycles. The van der Waals surface area contributed by atoms with Gasteiger partial charge in [-0.05, 0) is 55.5 Å². The molecule has 4 heterocycles. The molecule has 0 bridgehead atoms. The van der Waals surface area contributed by atoms with Gasteiger partial charge < -0.3 is 19.4 Å². The minimum atomic E-state index is -1.33. The van der Waals surface area contributed by atoms with Gasteiger partial charge in [0, 0.05) is 35.7 Å². The highest BCUT2D eigenvalue weighted by molar-refractivity contribution is 5.93.